The highest BCUT2D eigenvalue weighted by Gasteiger charge is 2.26. The van der Waals surface area contributed by atoms with Gasteiger partial charge in [0.1, 0.15) is 11.5 Å². The van der Waals surface area contributed by atoms with Crippen LogP contribution in [-0.2, 0) is 19.6 Å². The van der Waals surface area contributed by atoms with Crippen LogP contribution in [0.1, 0.15) is 37.9 Å². The van der Waals surface area contributed by atoms with Gasteiger partial charge in [0.25, 0.3) is 0 Å². The number of nitrogens with one attached hydrogen (secondary N) is 1. The largest absolute Gasteiger partial charge is 0.462 e. The van der Waals surface area contributed by atoms with Crippen LogP contribution < -0.4 is 4.72 Å². The van der Waals surface area contributed by atoms with Crippen LogP contribution in [0.25, 0.3) is 6.08 Å². The molecule has 2 heterocycles. The van der Waals surface area contributed by atoms with Gasteiger partial charge in [-0.1, -0.05) is 0 Å². The molecule has 8 heteroatoms. The van der Waals surface area contributed by atoms with Gasteiger partial charge in [0.2, 0.25) is 15.9 Å². The molecule has 0 radical (unpaired) electrons. The van der Waals surface area contributed by atoms with E-state index in [2.05, 4.69) is 9.71 Å². The highest BCUT2D eigenvalue weighted by molar-refractivity contribution is 7.89. The lowest BCUT2D eigenvalue weighted by atomic mass is 10.1. The fourth-order valence-corrected chi connectivity index (χ4v) is 3.86. The second-order valence-electron chi connectivity index (χ2n) is 7.16. The maximum Gasteiger partial charge on any atom is 0.363 e. The van der Waals surface area contributed by atoms with Crippen molar-refractivity contribution < 1.29 is 22.4 Å². The van der Waals surface area contributed by atoms with Crippen LogP contribution in [0, 0.1) is 6.92 Å². The van der Waals surface area contributed by atoms with Crippen molar-refractivity contribution in [3.63, 3.8) is 0 Å². The van der Waals surface area contributed by atoms with Crippen LogP contribution in [0.5, 0.6) is 0 Å². The van der Waals surface area contributed by atoms with Gasteiger partial charge < -0.3 is 9.15 Å². The Kier molecular flexibility index (Phi) is 4.79. The second-order valence-corrected chi connectivity index (χ2v) is 8.85. The lowest BCUT2D eigenvalue weighted by Gasteiger charge is -2.20. The summed E-state index contributed by atoms with van der Waals surface area (Å²) in [6, 6.07) is 9.48. The van der Waals surface area contributed by atoms with Crippen LogP contribution in [0.15, 0.2) is 56.4 Å². The third-order valence-electron chi connectivity index (χ3n) is 3.51. The Bertz CT molecular complexity index is 1040. The zero-order valence-electron chi connectivity index (χ0n) is 15.4. The maximum atomic E-state index is 12.3. The van der Waals surface area contributed by atoms with Crippen molar-refractivity contribution in [1.82, 2.24) is 4.72 Å². The van der Waals surface area contributed by atoms with Crippen molar-refractivity contribution in [2.75, 3.05) is 0 Å². The van der Waals surface area contributed by atoms with Crippen LogP contribution in [0.4, 0.5) is 0 Å². The molecule has 1 aromatic carbocycles. The SMILES string of the molecule is Cc1ccc(/C=C2\N=C(c3ccc(S(=O)(=O)NC(C)(C)C)cc3)OC2=O)o1. The fourth-order valence-electron chi connectivity index (χ4n) is 2.44. The average molecular weight is 388 g/mol. The van der Waals surface area contributed by atoms with E-state index in [4.69, 9.17) is 9.15 Å². The van der Waals surface area contributed by atoms with E-state index >= 15 is 0 Å². The zero-order valence-corrected chi connectivity index (χ0v) is 16.3. The molecular formula is C19H20N2O5S. The topological polar surface area (TPSA) is 98.0 Å². The Morgan fingerprint density at radius 3 is 2.30 bits per heavy atom. The Labute approximate surface area is 157 Å². The van der Waals surface area contributed by atoms with Crippen molar-refractivity contribution in [2.45, 2.75) is 38.1 Å². The Balaban J connectivity index is 1.84. The molecule has 0 fully saturated rings. The van der Waals surface area contributed by atoms with E-state index in [1.165, 1.54) is 18.2 Å². The van der Waals surface area contributed by atoms with Crippen molar-refractivity contribution in [3.8, 4) is 0 Å². The molecule has 0 amide bonds. The van der Waals surface area contributed by atoms with E-state index in [-0.39, 0.29) is 16.5 Å². The first-order chi connectivity index (χ1) is 12.5. The fraction of sp³-hybridized carbons (Fsp3) is 0.263. The van der Waals surface area contributed by atoms with E-state index in [1.807, 2.05) is 0 Å². The molecule has 1 N–H and O–H groups in total. The van der Waals surface area contributed by atoms with Gasteiger partial charge >= 0.3 is 5.97 Å². The monoisotopic (exact) mass is 388 g/mol. The number of hydrogen-bond acceptors (Lipinski definition) is 6. The molecule has 0 bridgehead atoms. The normalized spacial score (nSPS) is 16.5. The minimum absolute atomic E-state index is 0.113. The molecule has 7 nitrogen and oxygen atoms in total. The quantitative estimate of drug-likeness (QED) is 0.641. The molecule has 0 saturated carbocycles. The molecule has 27 heavy (non-hydrogen) atoms. The number of furan rings is 1. The Hall–Kier alpha value is -2.71. The number of carbonyl (C=O) groups is 1. The number of sulfonamides is 1. The Morgan fingerprint density at radius 2 is 1.74 bits per heavy atom. The number of cyclic esters (lactones) is 1. The smallest absolute Gasteiger partial charge is 0.363 e. The molecule has 0 atom stereocenters. The van der Waals surface area contributed by atoms with E-state index in [0.29, 0.717) is 11.3 Å². The van der Waals surface area contributed by atoms with E-state index in [1.54, 1.807) is 52.0 Å². The predicted molar refractivity (Wildman–Crippen MR) is 101 cm³/mol. The summed E-state index contributed by atoms with van der Waals surface area (Å²) >= 11 is 0. The highest BCUT2D eigenvalue weighted by atomic mass is 32.2. The summed E-state index contributed by atoms with van der Waals surface area (Å²) in [7, 11) is -3.64. The van der Waals surface area contributed by atoms with E-state index < -0.39 is 21.5 Å². The molecule has 1 aliphatic heterocycles. The molecular weight excluding hydrogens is 368 g/mol. The highest BCUT2D eigenvalue weighted by Crippen LogP contribution is 2.21. The third kappa shape index (κ3) is 4.53. The molecule has 1 aromatic heterocycles. The van der Waals surface area contributed by atoms with Gasteiger partial charge in [-0.05, 0) is 64.1 Å². The molecule has 0 saturated heterocycles. The minimum Gasteiger partial charge on any atom is -0.462 e. The second kappa shape index (κ2) is 6.79. The molecule has 0 spiro atoms. The summed E-state index contributed by atoms with van der Waals surface area (Å²) in [6.45, 7) is 7.09. The number of aliphatic imine (C=N–C) groups is 1. The number of aryl methyl sites for hydroxylation is 1. The standard InChI is InChI=1S/C19H20N2O5S/c1-12-5-8-14(25-12)11-16-18(22)26-17(20-16)13-6-9-15(10-7-13)27(23,24)21-19(2,3)4/h5-11,21H,1-4H3/b16-11-. The van der Waals surface area contributed by atoms with Gasteiger partial charge in [0.15, 0.2) is 5.70 Å². The van der Waals surface area contributed by atoms with Crippen molar-refractivity contribution in [2.24, 2.45) is 4.99 Å². The van der Waals surface area contributed by atoms with Crippen molar-refractivity contribution >= 4 is 28.0 Å². The molecule has 3 rings (SSSR count). The first-order valence-electron chi connectivity index (χ1n) is 8.27. The van der Waals surface area contributed by atoms with Gasteiger partial charge in [0.05, 0.1) is 4.90 Å². The van der Waals surface area contributed by atoms with E-state index in [0.717, 1.165) is 5.76 Å². The first kappa shape index (κ1) is 19.1. The molecule has 142 valence electrons. The van der Waals surface area contributed by atoms with Gasteiger partial charge in [-0.3, -0.25) is 0 Å². The molecule has 2 aromatic rings. The maximum absolute atomic E-state index is 12.3. The van der Waals surface area contributed by atoms with Gasteiger partial charge in [0, 0.05) is 17.2 Å². The molecule has 0 unspecified atom stereocenters. The van der Waals surface area contributed by atoms with Gasteiger partial charge in [-0.15, -0.1) is 0 Å². The summed E-state index contributed by atoms with van der Waals surface area (Å²) in [5, 5.41) is 0. The lowest BCUT2D eigenvalue weighted by molar-refractivity contribution is -0.129. The lowest BCUT2D eigenvalue weighted by Crippen LogP contribution is -2.40. The number of nitrogens with zero attached hydrogens (tertiary/aromatic N) is 1. The number of ether oxygens (including phenoxy) is 1. The summed E-state index contributed by atoms with van der Waals surface area (Å²) in [6.07, 6.45) is 1.49. The van der Waals surface area contributed by atoms with Crippen molar-refractivity contribution in [1.29, 1.82) is 0 Å². The number of hydrogen-bond donors (Lipinski definition) is 1. The predicted octanol–water partition coefficient (Wildman–Crippen LogP) is 3.01. The van der Waals surface area contributed by atoms with Gasteiger partial charge in [-0.2, -0.15) is 0 Å². The third-order valence-corrected chi connectivity index (χ3v) is 5.29. The van der Waals surface area contributed by atoms with Gasteiger partial charge in [-0.25, -0.2) is 22.9 Å². The summed E-state index contributed by atoms with van der Waals surface area (Å²) in [5.41, 5.74) is 0.0227. The van der Waals surface area contributed by atoms with Crippen LogP contribution >= 0.6 is 0 Å². The minimum atomic E-state index is -3.64. The number of carbonyl (C=O) groups excluding carboxylic acids is 1. The van der Waals surface area contributed by atoms with Crippen LogP contribution in [0.3, 0.4) is 0 Å². The van der Waals surface area contributed by atoms with Crippen molar-refractivity contribution in [3.05, 3.63) is 59.2 Å². The first-order valence-corrected chi connectivity index (χ1v) is 9.75. The number of rotatable bonds is 4. The number of benzene rings is 1. The molecule has 0 aliphatic carbocycles. The summed E-state index contributed by atoms with van der Waals surface area (Å²) < 4.78 is 37.8. The summed E-state index contributed by atoms with van der Waals surface area (Å²) in [5.74, 6) is 0.740. The zero-order chi connectivity index (χ0) is 19.8. The van der Waals surface area contributed by atoms with Crippen LogP contribution in [-0.4, -0.2) is 25.8 Å². The average Bonchev–Trinajstić information content (AvgIpc) is 3.12. The van der Waals surface area contributed by atoms with E-state index in [9.17, 15) is 13.2 Å². The molecule has 1 aliphatic rings. The number of esters is 1. The van der Waals surface area contributed by atoms with Crippen LogP contribution in [0.2, 0.25) is 0 Å². The Morgan fingerprint density at radius 1 is 1.07 bits per heavy atom. The summed E-state index contributed by atoms with van der Waals surface area (Å²) in [4.78, 5) is 16.3.